The van der Waals surface area contributed by atoms with Gasteiger partial charge in [-0.25, -0.2) is 4.39 Å². The second-order valence-electron chi connectivity index (χ2n) is 1.90. The van der Waals surface area contributed by atoms with Crippen LogP contribution in [-0.4, -0.2) is 25.1 Å². The van der Waals surface area contributed by atoms with Crippen LogP contribution in [0.5, 0.6) is 0 Å². The molecule has 0 fully saturated rings. The summed E-state index contributed by atoms with van der Waals surface area (Å²) in [4.78, 5) is 0. The molecule has 0 aliphatic rings. The Hall–Kier alpha value is -0.460. The van der Waals surface area contributed by atoms with Crippen molar-refractivity contribution in [3.63, 3.8) is 0 Å². The van der Waals surface area contributed by atoms with Gasteiger partial charge in [-0.15, -0.1) is 0 Å². The average molecular weight is 196 g/mol. The maximum Gasteiger partial charge on any atom is 0.428 e. The van der Waals surface area contributed by atoms with E-state index in [2.05, 4.69) is 4.74 Å². The molecule has 0 rings (SSSR count). The van der Waals surface area contributed by atoms with Crippen LogP contribution in [-0.2, 0) is 4.74 Å². The van der Waals surface area contributed by atoms with Crippen LogP contribution in [0, 0.1) is 0 Å². The third kappa shape index (κ3) is 2.88. The van der Waals surface area contributed by atoms with E-state index in [9.17, 15) is 26.3 Å². The van der Waals surface area contributed by atoms with Crippen LogP contribution >= 0.6 is 0 Å². The van der Waals surface area contributed by atoms with Crippen molar-refractivity contribution >= 4 is 0 Å². The molecule has 0 heterocycles. The van der Waals surface area contributed by atoms with Gasteiger partial charge in [0.05, 0.1) is 6.61 Å². The van der Waals surface area contributed by atoms with Crippen LogP contribution in [0.4, 0.5) is 26.3 Å². The van der Waals surface area contributed by atoms with Crippen LogP contribution in [0.3, 0.4) is 0 Å². The summed E-state index contributed by atoms with van der Waals surface area (Å²) in [6.45, 7) is 0.348. The van der Waals surface area contributed by atoms with E-state index in [0.29, 0.717) is 0 Å². The average Bonchev–Trinajstić information content (AvgIpc) is 1.84. The summed E-state index contributed by atoms with van der Waals surface area (Å²) in [5.41, 5.74) is 0. The van der Waals surface area contributed by atoms with E-state index in [4.69, 9.17) is 0 Å². The van der Waals surface area contributed by atoms with Gasteiger partial charge in [0.1, 0.15) is 0 Å². The fourth-order valence-electron chi connectivity index (χ4n) is 0.456. The van der Waals surface area contributed by atoms with E-state index in [1.807, 2.05) is 0 Å². The number of alkyl halides is 6. The van der Waals surface area contributed by atoms with Crippen molar-refractivity contribution < 1.29 is 31.1 Å². The first-order chi connectivity index (χ1) is 5.22. The fraction of sp³-hybridized carbons (Fsp3) is 1.00. The summed E-state index contributed by atoms with van der Waals surface area (Å²) in [7, 11) is 0. The van der Waals surface area contributed by atoms with Crippen LogP contribution in [0.2, 0.25) is 0 Å². The van der Waals surface area contributed by atoms with Gasteiger partial charge in [-0.1, -0.05) is 0 Å². The molecule has 0 amide bonds. The molecule has 0 aliphatic heterocycles. The molecular weight excluding hydrogens is 190 g/mol. The topological polar surface area (TPSA) is 9.23 Å². The monoisotopic (exact) mass is 196 g/mol. The molecule has 0 unspecified atom stereocenters. The molecule has 0 aromatic heterocycles. The van der Waals surface area contributed by atoms with Crippen molar-refractivity contribution in [2.75, 3.05) is 6.61 Å². The predicted octanol–water partition coefficient (Wildman–Crippen LogP) is 2.52. The highest BCUT2D eigenvalue weighted by molar-refractivity contribution is 4.74. The van der Waals surface area contributed by atoms with Crippen LogP contribution < -0.4 is 0 Å². The van der Waals surface area contributed by atoms with E-state index < -0.39 is 25.1 Å². The lowest BCUT2D eigenvalue weighted by molar-refractivity contribution is -0.334. The summed E-state index contributed by atoms with van der Waals surface area (Å²) in [6, 6.07) is 0. The normalized spacial score (nSPS) is 16.2. The van der Waals surface area contributed by atoms with Crippen molar-refractivity contribution in [2.24, 2.45) is 0 Å². The summed E-state index contributed by atoms with van der Waals surface area (Å²) in [6.07, 6.45) is -14.7. The Morgan fingerprint density at radius 2 is 1.58 bits per heavy atom. The molecule has 0 spiro atoms. The molecule has 0 saturated carbocycles. The molecule has 7 heteroatoms. The summed E-state index contributed by atoms with van der Waals surface area (Å²) >= 11 is 0. The lowest BCUT2D eigenvalue weighted by Gasteiger charge is -2.21. The van der Waals surface area contributed by atoms with E-state index in [1.54, 1.807) is 0 Å². The summed E-state index contributed by atoms with van der Waals surface area (Å²) < 4.78 is 73.2. The van der Waals surface area contributed by atoms with Gasteiger partial charge in [0.2, 0.25) is 0 Å². The Balaban J connectivity index is 4.34. The minimum atomic E-state index is -5.60. The van der Waals surface area contributed by atoms with Crippen molar-refractivity contribution in [1.29, 1.82) is 0 Å². The number of rotatable bonds is 3. The smallest absolute Gasteiger partial charge is 0.318 e. The zero-order valence-corrected chi connectivity index (χ0v) is 5.96. The van der Waals surface area contributed by atoms with E-state index in [0.717, 1.165) is 6.92 Å². The molecule has 0 aromatic carbocycles. The fourth-order valence-corrected chi connectivity index (χ4v) is 0.456. The molecule has 0 saturated heterocycles. The Labute approximate surface area is 64.3 Å². The Morgan fingerprint density at radius 1 is 1.17 bits per heavy atom. The highest BCUT2D eigenvalue weighted by atomic mass is 19.4. The third-order valence-electron chi connectivity index (χ3n) is 0.919. The van der Waals surface area contributed by atoms with Crippen LogP contribution in [0.25, 0.3) is 0 Å². The van der Waals surface area contributed by atoms with E-state index in [-0.39, 0.29) is 0 Å². The summed E-state index contributed by atoms with van der Waals surface area (Å²) in [5.74, 6) is 0. The number of ether oxygens (including phenoxy) is 1. The molecule has 1 atom stereocenters. The summed E-state index contributed by atoms with van der Waals surface area (Å²) in [5, 5.41) is 0. The molecule has 0 bridgehead atoms. The van der Waals surface area contributed by atoms with Gasteiger partial charge in [0, 0.05) is 0 Å². The maximum atomic E-state index is 12.0. The number of hydrogen-bond donors (Lipinski definition) is 0. The minimum absolute atomic E-state index is 0.691. The molecule has 0 radical (unpaired) electrons. The van der Waals surface area contributed by atoms with Gasteiger partial charge in [0.25, 0.3) is 6.17 Å². The zero-order chi connectivity index (χ0) is 9.99. The Kier molecular flexibility index (Phi) is 3.37. The lowest BCUT2D eigenvalue weighted by Crippen LogP contribution is -2.43. The Morgan fingerprint density at radius 3 is 1.83 bits per heavy atom. The molecule has 12 heavy (non-hydrogen) atoms. The third-order valence-corrected chi connectivity index (χ3v) is 0.919. The largest absolute Gasteiger partial charge is 0.428 e. The Bertz CT molecular complexity index is 141. The van der Waals surface area contributed by atoms with Crippen molar-refractivity contribution in [2.45, 2.75) is 25.4 Å². The highest BCUT2D eigenvalue weighted by Gasteiger charge is 2.57. The van der Waals surface area contributed by atoms with Gasteiger partial charge in [-0.2, -0.15) is 22.0 Å². The first kappa shape index (κ1) is 11.5. The minimum Gasteiger partial charge on any atom is -0.318 e. The van der Waals surface area contributed by atoms with Gasteiger partial charge < -0.3 is 4.74 Å². The molecule has 1 nitrogen and oxygen atoms in total. The lowest BCUT2D eigenvalue weighted by atomic mass is 10.3. The first-order valence-electron chi connectivity index (χ1n) is 2.94. The van der Waals surface area contributed by atoms with Crippen molar-refractivity contribution in [3.05, 3.63) is 0 Å². The quantitative estimate of drug-likeness (QED) is 0.630. The second-order valence-corrected chi connectivity index (χ2v) is 1.90. The molecular formula is C5H6F6O. The standard InChI is InChI=1S/C5H6F6O/c1-2-12-5(10,11)3(6)4(7,8)9/h3H,2H2,1H3/t3-/m0/s1. The predicted molar refractivity (Wildman–Crippen MR) is 27.5 cm³/mol. The van der Waals surface area contributed by atoms with E-state index in [1.165, 1.54) is 0 Å². The maximum absolute atomic E-state index is 12.0. The molecule has 0 aliphatic carbocycles. The van der Waals surface area contributed by atoms with Crippen LogP contribution in [0.1, 0.15) is 6.92 Å². The van der Waals surface area contributed by atoms with Gasteiger partial charge in [0.15, 0.2) is 0 Å². The van der Waals surface area contributed by atoms with E-state index >= 15 is 0 Å². The van der Waals surface area contributed by atoms with Crippen LogP contribution in [0.15, 0.2) is 0 Å². The highest BCUT2D eigenvalue weighted by Crippen LogP contribution is 2.35. The van der Waals surface area contributed by atoms with Crippen molar-refractivity contribution in [1.82, 2.24) is 0 Å². The number of halogens is 6. The zero-order valence-electron chi connectivity index (χ0n) is 5.96. The van der Waals surface area contributed by atoms with Gasteiger partial charge in [-0.3, -0.25) is 0 Å². The first-order valence-corrected chi connectivity index (χ1v) is 2.94. The second kappa shape index (κ2) is 3.51. The molecule has 0 N–H and O–H groups in total. The molecule has 74 valence electrons. The van der Waals surface area contributed by atoms with Gasteiger partial charge in [-0.05, 0) is 6.92 Å². The number of hydrogen-bond acceptors (Lipinski definition) is 1. The van der Waals surface area contributed by atoms with Gasteiger partial charge >= 0.3 is 12.3 Å². The molecule has 0 aromatic rings. The van der Waals surface area contributed by atoms with Crippen molar-refractivity contribution in [3.8, 4) is 0 Å². The SMILES string of the molecule is CCOC(F)(F)[C@@H](F)C(F)(F)F.